The normalized spacial score (nSPS) is 22.3. The lowest BCUT2D eigenvalue weighted by Crippen LogP contribution is -2.26. The Balaban J connectivity index is 2.62. The summed E-state index contributed by atoms with van der Waals surface area (Å²) in [6.07, 6.45) is 0. The van der Waals surface area contributed by atoms with Gasteiger partial charge in [-0.15, -0.1) is 0 Å². The van der Waals surface area contributed by atoms with Crippen LogP contribution in [0.4, 0.5) is 4.39 Å². The van der Waals surface area contributed by atoms with Gasteiger partial charge >= 0.3 is 0 Å². The molecule has 0 saturated carbocycles. The first-order valence-corrected chi connectivity index (χ1v) is 7.11. The summed E-state index contributed by atoms with van der Waals surface area (Å²) >= 11 is 4.00. The summed E-state index contributed by atoms with van der Waals surface area (Å²) in [7, 11) is 0. The molecule has 0 radical (unpaired) electrons. The number of hydrogen-bond acceptors (Lipinski definition) is 5. The molecule has 0 aliphatic carbocycles. The molecular weight excluding hydrogens is 343 g/mol. The molecule has 0 saturated heterocycles. The van der Waals surface area contributed by atoms with Crippen molar-refractivity contribution in [1.82, 2.24) is 0 Å². The highest BCUT2D eigenvalue weighted by molar-refractivity contribution is 9.10. The molecule has 2 rings (SSSR count). The van der Waals surface area contributed by atoms with E-state index in [1.165, 1.54) is 18.2 Å². The zero-order chi connectivity index (χ0) is 14.9. The van der Waals surface area contributed by atoms with Gasteiger partial charge in [-0.25, -0.2) is 4.39 Å². The van der Waals surface area contributed by atoms with E-state index < -0.39 is 17.7 Å². The first-order valence-electron chi connectivity index (χ1n) is 5.50. The molecule has 0 unspecified atom stereocenters. The minimum absolute atomic E-state index is 0.0921. The third kappa shape index (κ3) is 2.43. The summed E-state index contributed by atoms with van der Waals surface area (Å²) in [6, 6.07) is 8.29. The first-order chi connectivity index (χ1) is 9.49. The molecule has 0 spiro atoms. The van der Waals surface area contributed by atoms with Gasteiger partial charge in [0.1, 0.15) is 11.7 Å². The van der Waals surface area contributed by atoms with Gasteiger partial charge in [-0.2, -0.15) is 10.5 Å². The average molecular weight is 351 g/mol. The third-order valence-electron chi connectivity index (χ3n) is 2.97. The third-order valence-corrected chi connectivity index (χ3v) is 4.50. The Hall–Kier alpha value is -1.83. The summed E-state index contributed by atoms with van der Waals surface area (Å²) < 4.78 is 13.6. The molecule has 1 aromatic carbocycles. The van der Waals surface area contributed by atoms with Crippen LogP contribution in [0.25, 0.3) is 0 Å². The van der Waals surface area contributed by atoms with Crippen molar-refractivity contribution in [3.05, 3.63) is 44.7 Å². The molecular formula is C13H8BrFN4S. The molecule has 1 heterocycles. The molecule has 0 aromatic heterocycles. The van der Waals surface area contributed by atoms with Gasteiger partial charge < -0.3 is 5.73 Å². The highest BCUT2D eigenvalue weighted by Crippen LogP contribution is 2.43. The van der Waals surface area contributed by atoms with E-state index in [1.54, 1.807) is 0 Å². The Morgan fingerprint density at radius 1 is 1.40 bits per heavy atom. The van der Waals surface area contributed by atoms with Gasteiger partial charge in [-0.1, -0.05) is 17.8 Å². The quantitative estimate of drug-likeness (QED) is 0.812. The van der Waals surface area contributed by atoms with Crippen LogP contribution in [-0.4, -0.2) is 5.04 Å². The number of benzene rings is 1. The summed E-state index contributed by atoms with van der Waals surface area (Å²) in [5, 5.41) is 26.7. The number of hydrogen-bond donors (Lipinski definition) is 2. The van der Waals surface area contributed by atoms with E-state index >= 15 is 0 Å². The van der Waals surface area contributed by atoms with E-state index in [0.29, 0.717) is 5.56 Å². The number of halogens is 2. The average Bonchev–Trinajstić information content (AvgIpc) is 2.41. The van der Waals surface area contributed by atoms with Gasteiger partial charge in [-0.3, -0.25) is 5.41 Å². The van der Waals surface area contributed by atoms with Crippen LogP contribution in [0, 0.1) is 39.8 Å². The molecule has 2 atom stereocenters. The standard InChI is InChI=1S/C13H8BrFN4S/c14-9-3-6(1-2-10(9)15)11-7(4-16)12(18)20-13(19)8(11)5-17/h1-3,7,11,18H,19H2/t7-,11+/m0/s1. The van der Waals surface area contributed by atoms with Crippen LogP contribution in [0.1, 0.15) is 11.5 Å². The monoisotopic (exact) mass is 350 g/mol. The number of nitrogens with one attached hydrogen (secondary N) is 1. The number of rotatable bonds is 1. The first kappa shape index (κ1) is 14.6. The maximum atomic E-state index is 13.3. The van der Waals surface area contributed by atoms with Crippen molar-refractivity contribution < 1.29 is 4.39 Å². The molecule has 4 nitrogen and oxygen atoms in total. The number of nitriles is 2. The fraction of sp³-hybridized carbons (Fsp3) is 0.154. The minimum Gasteiger partial charge on any atom is -0.392 e. The second-order valence-corrected chi connectivity index (χ2v) is 6.05. The van der Waals surface area contributed by atoms with Crippen LogP contribution in [0.2, 0.25) is 0 Å². The van der Waals surface area contributed by atoms with Crippen molar-refractivity contribution in [3.8, 4) is 12.1 Å². The van der Waals surface area contributed by atoms with Crippen molar-refractivity contribution in [2.24, 2.45) is 11.7 Å². The highest BCUT2D eigenvalue weighted by Gasteiger charge is 2.37. The van der Waals surface area contributed by atoms with E-state index in [-0.39, 0.29) is 20.1 Å². The molecule has 1 aliphatic rings. The minimum atomic E-state index is -0.792. The Morgan fingerprint density at radius 2 is 2.10 bits per heavy atom. The van der Waals surface area contributed by atoms with Crippen LogP contribution < -0.4 is 5.73 Å². The summed E-state index contributed by atoms with van der Waals surface area (Å²) in [4.78, 5) is 0. The maximum absolute atomic E-state index is 13.3. The SMILES string of the molecule is N#CC1=C(N)SC(=N)[C@@H](C#N)[C@H]1c1ccc(F)c(Br)c1. The van der Waals surface area contributed by atoms with Crippen LogP contribution in [0.15, 0.2) is 33.3 Å². The van der Waals surface area contributed by atoms with Crippen molar-refractivity contribution in [2.45, 2.75) is 5.92 Å². The Morgan fingerprint density at radius 3 is 2.65 bits per heavy atom. The Bertz CT molecular complexity index is 701. The maximum Gasteiger partial charge on any atom is 0.137 e. The van der Waals surface area contributed by atoms with Gasteiger partial charge in [0.05, 0.1) is 32.3 Å². The van der Waals surface area contributed by atoms with Gasteiger partial charge in [0.2, 0.25) is 0 Å². The number of thioether (sulfide) groups is 1. The fourth-order valence-corrected chi connectivity index (χ4v) is 3.26. The second kappa shape index (κ2) is 5.66. The molecule has 20 heavy (non-hydrogen) atoms. The number of allylic oxidation sites excluding steroid dienone is 1. The summed E-state index contributed by atoms with van der Waals surface area (Å²) in [6.45, 7) is 0. The molecule has 0 bridgehead atoms. The number of nitrogens with two attached hydrogens (primary N) is 1. The van der Waals surface area contributed by atoms with Gasteiger partial charge in [0.25, 0.3) is 0 Å². The highest BCUT2D eigenvalue weighted by atomic mass is 79.9. The molecule has 1 aliphatic heterocycles. The topological polar surface area (TPSA) is 97.4 Å². The van der Waals surface area contributed by atoms with Crippen molar-refractivity contribution in [3.63, 3.8) is 0 Å². The molecule has 1 aromatic rings. The van der Waals surface area contributed by atoms with Crippen molar-refractivity contribution in [1.29, 1.82) is 15.9 Å². The Kier molecular flexibility index (Phi) is 4.12. The van der Waals surface area contributed by atoms with Crippen LogP contribution in [-0.2, 0) is 0 Å². The zero-order valence-corrected chi connectivity index (χ0v) is 12.4. The smallest absolute Gasteiger partial charge is 0.137 e. The fourth-order valence-electron chi connectivity index (χ4n) is 2.03. The van der Waals surface area contributed by atoms with Gasteiger partial charge in [0.15, 0.2) is 0 Å². The lowest BCUT2D eigenvalue weighted by atomic mass is 9.82. The van der Waals surface area contributed by atoms with Gasteiger partial charge in [0, 0.05) is 5.92 Å². The van der Waals surface area contributed by atoms with Crippen molar-refractivity contribution in [2.75, 3.05) is 0 Å². The lowest BCUT2D eigenvalue weighted by Gasteiger charge is -2.27. The molecule has 100 valence electrons. The molecule has 0 fully saturated rings. The molecule has 3 N–H and O–H groups in total. The second-order valence-electron chi connectivity index (χ2n) is 4.11. The zero-order valence-electron chi connectivity index (χ0n) is 10.0. The van der Waals surface area contributed by atoms with Gasteiger partial charge in [-0.05, 0) is 33.6 Å². The predicted molar refractivity (Wildman–Crippen MR) is 78.1 cm³/mol. The van der Waals surface area contributed by atoms with E-state index in [1.807, 2.05) is 12.1 Å². The van der Waals surface area contributed by atoms with E-state index in [2.05, 4.69) is 15.9 Å². The molecule has 0 amide bonds. The molecule has 7 heteroatoms. The van der Waals surface area contributed by atoms with Crippen LogP contribution in [0.3, 0.4) is 0 Å². The van der Waals surface area contributed by atoms with Crippen molar-refractivity contribution >= 4 is 32.7 Å². The van der Waals surface area contributed by atoms with E-state index in [0.717, 1.165) is 11.8 Å². The largest absolute Gasteiger partial charge is 0.392 e. The predicted octanol–water partition coefficient (Wildman–Crippen LogP) is 3.23. The summed E-state index contributed by atoms with van der Waals surface area (Å²) in [5.41, 5.74) is 6.60. The summed E-state index contributed by atoms with van der Waals surface area (Å²) in [5.74, 6) is -1.87. The van der Waals surface area contributed by atoms with E-state index in [9.17, 15) is 14.9 Å². The van der Waals surface area contributed by atoms with Crippen LogP contribution >= 0.6 is 27.7 Å². The number of nitrogens with zero attached hydrogens (tertiary/aromatic N) is 2. The lowest BCUT2D eigenvalue weighted by molar-refractivity contribution is 0.618. The van der Waals surface area contributed by atoms with E-state index in [4.69, 9.17) is 11.1 Å². The van der Waals surface area contributed by atoms with Crippen LogP contribution in [0.5, 0.6) is 0 Å². The Labute approximate surface area is 127 Å².